The molecule has 1 aromatic rings. The third-order valence-corrected chi connectivity index (χ3v) is 3.77. The van der Waals surface area contributed by atoms with E-state index in [2.05, 4.69) is 10.1 Å². The van der Waals surface area contributed by atoms with Crippen molar-refractivity contribution in [2.45, 2.75) is 26.3 Å². The SMILES string of the molecule is CC[C@@H](C)[C@@H](NC(=O)COC(=O)COc1ccc(Cl)cc1)C(=O)OC. The highest BCUT2D eigenvalue weighted by Gasteiger charge is 2.26. The zero-order valence-electron chi connectivity index (χ0n) is 14.4. The maximum absolute atomic E-state index is 11.9. The predicted octanol–water partition coefficient (Wildman–Crippen LogP) is 1.97. The number of ether oxygens (including phenoxy) is 3. The number of amides is 1. The molecule has 1 amide bonds. The van der Waals surface area contributed by atoms with E-state index in [0.29, 0.717) is 17.2 Å². The lowest BCUT2D eigenvalue weighted by molar-refractivity contribution is -0.152. The summed E-state index contributed by atoms with van der Waals surface area (Å²) in [5, 5.41) is 3.06. The van der Waals surface area contributed by atoms with E-state index in [1.54, 1.807) is 24.3 Å². The molecule has 2 atom stereocenters. The minimum absolute atomic E-state index is 0.111. The van der Waals surface area contributed by atoms with E-state index in [4.69, 9.17) is 21.1 Å². The van der Waals surface area contributed by atoms with Gasteiger partial charge in [-0.05, 0) is 30.2 Å². The smallest absolute Gasteiger partial charge is 0.344 e. The van der Waals surface area contributed by atoms with Gasteiger partial charge in [-0.3, -0.25) is 4.79 Å². The normalized spacial score (nSPS) is 12.6. The molecule has 1 aromatic carbocycles. The minimum atomic E-state index is -0.786. The van der Waals surface area contributed by atoms with Gasteiger partial charge >= 0.3 is 11.9 Å². The summed E-state index contributed by atoms with van der Waals surface area (Å²) in [6, 6.07) is 5.67. The van der Waals surface area contributed by atoms with Gasteiger partial charge < -0.3 is 19.5 Å². The highest BCUT2D eigenvalue weighted by Crippen LogP contribution is 2.15. The third kappa shape index (κ3) is 7.43. The van der Waals surface area contributed by atoms with Crippen LogP contribution in [0.2, 0.25) is 5.02 Å². The van der Waals surface area contributed by atoms with Crippen LogP contribution in [0.15, 0.2) is 24.3 Å². The summed E-state index contributed by atoms with van der Waals surface area (Å²) in [4.78, 5) is 35.2. The predicted molar refractivity (Wildman–Crippen MR) is 91.3 cm³/mol. The molecule has 0 saturated heterocycles. The standard InChI is InChI=1S/C17H22ClNO6/c1-4-11(2)16(17(22)23-3)19-14(20)9-25-15(21)10-24-13-7-5-12(18)6-8-13/h5-8,11,16H,4,9-10H2,1-3H3,(H,19,20)/t11-,16-/m1/s1. The van der Waals surface area contributed by atoms with Crippen LogP contribution in [0.5, 0.6) is 5.75 Å². The number of esters is 2. The van der Waals surface area contributed by atoms with Gasteiger partial charge in [0, 0.05) is 5.02 Å². The summed E-state index contributed by atoms with van der Waals surface area (Å²) in [6.07, 6.45) is 0.675. The highest BCUT2D eigenvalue weighted by molar-refractivity contribution is 6.30. The molecule has 25 heavy (non-hydrogen) atoms. The van der Waals surface area contributed by atoms with Crippen molar-refractivity contribution in [1.29, 1.82) is 0 Å². The van der Waals surface area contributed by atoms with E-state index in [1.165, 1.54) is 7.11 Å². The maximum Gasteiger partial charge on any atom is 0.344 e. The van der Waals surface area contributed by atoms with Crippen molar-refractivity contribution in [1.82, 2.24) is 5.32 Å². The molecule has 0 aliphatic rings. The second kappa shape index (κ2) is 10.6. The second-order valence-electron chi connectivity index (χ2n) is 5.36. The maximum atomic E-state index is 11.9. The number of carbonyl (C=O) groups is 3. The van der Waals surface area contributed by atoms with Gasteiger partial charge in [0.1, 0.15) is 11.8 Å². The van der Waals surface area contributed by atoms with Gasteiger partial charge in [-0.15, -0.1) is 0 Å². The number of rotatable bonds is 9. The summed E-state index contributed by atoms with van der Waals surface area (Å²) < 4.78 is 14.7. The Hall–Kier alpha value is -2.28. The second-order valence-corrected chi connectivity index (χ2v) is 5.79. The summed E-state index contributed by atoms with van der Waals surface area (Å²) in [5.74, 6) is -1.49. The molecule has 0 fully saturated rings. The van der Waals surface area contributed by atoms with Crippen LogP contribution in [0.3, 0.4) is 0 Å². The van der Waals surface area contributed by atoms with Crippen molar-refractivity contribution < 1.29 is 28.6 Å². The van der Waals surface area contributed by atoms with E-state index in [1.807, 2.05) is 13.8 Å². The number of carbonyl (C=O) groups excluding carboxylic acids is 3. The Morgan fingerprint density at radius 1 is 1.16 bits per heavy atom. The van der Waals surface area contributed by atoms with E-state index in [0.717, 1.165) is 0 Å². The Morgan fingerprint density at radius 2 is 1.80 bits per heavy atom. The number of nitrogens with one attached hydrogen (secondary N) is 1. The fourth-order valence-electron chi connectivity index (χ4n) is 1.87. The number of hydrogen-bond donors (Lipinski definition) is 1. The first-order chi connectivity index (χ1) is 11.9. The van der Waals surface area contributed by atoms with Crippen molar-refractivity contribution >= 4 is 29.4 Å². The molecule has 138 valence electrons. The summed E-state index contributed by atoms with van der Waals surface area (Å²) in [5.41, 5.74) is 0. The number of methoxy groups -OCH3 is 1. The Morgan fingerprint density at radius 3 is 2.36 bits per heavy atom. The Labute approximate surface area is 151 Å². The van der Waals surface area contributed by atoms with Gasteiger partial charge in [-0.2, -0.15) is 0 Å². The molecule has 0 aliphatic carbocycles. The lowest BCUT2D eigenvalue weighted by Crippen LogP contribution is -2.47. The Balaban J connectivity index is 2.39. The molecule has 0 radical (unpaired) electrons. The molecule has 0 spiro atoms. The largest absolute Gasteiger partial charge is 0.482 e. The minimum Gasteiger partial charge on any atom is -0.482 e. The van der Waals surface area contributed by atoms with Crippen molar-refractivity contribution in [2.24, 2.45) is 5.92 Å². The van der Waals surface area contributed by atoms with Crippen LogP contribution in [0.25, 0.3) is 0 Å². The quantitative estimate of drug-likeness (QED) is 0.667. The molecule has 1 rings (SSSR count). The monoisotopic (exact) mass is 371 g/mol. The fourth-order valence-corrected chi connectivity index (χ4v) is 2.00. The van der Waals surface area contributed by atoms with Gasteiger partial charge in [0.25, 0.3) is 5.91 Å². The molecule has 1 N–H and O–H groups in total. The molecule has 0 aliphatic heterocycles. The number of halogens is 1. The number of hydrogen-bond acceptors (Lipinski definition) is 6. The van der Waals surface area contributed by atoms with Crippen molar-refractivity contribution in [3.8, 4) is 5.75 Å². The molecule has 7 nitrogen and oxygen atoms in total. The molecule has 0 heterocycles. The van der Waals surface area contributed by atoms with Crippen LogP contribution in [-0.4, -0.2) is 44.2 Å². The molecule has 0 bridgehead atoms. The first-order valence-electron chi connectivity index (χ1n) is 7.78. The first-order valence-corrected chi connectivity index (χ1v) is 8.16. The first kappa shape index (κ1) is 20.8. The van der Waals surface area contributed by atoms with Crippen molar-refractivity contribution in [3.05, 3.63) is 29.3 Å². The van der Waals surface area contributed by atoms with Gasteiger partial charge in [-0.1, -0.05) is 31.9 Å². The van der Waals surface area contributed by atoms with Crippen LogP contribution >= 0.6 is 11.6 Å². The van der Waals surface area contributed by atoms with Crippen molar-refractivity contribution in [2.75, 3.05) is 20.3 Å². The molecular weight excluding hydrogens is 350 g/mol. The lowest BCUT2D eigenvalue weighted by Gasteiger charge is -2.21. The molecule has 0 unspecified atom stereocenters. The molecule has 8 heteroatoms. The van der Waals surface area contributed by atoms with E-state index in [9.17, 15) is 14.4 Å². The summed E-state index contributed by atoms with van der Waals surface area (Å²) in [6.45, 7) is 2.85. The van der Waals surface area contributed by atoms with Crippen LogP contribution in [0, 0.1) is 5.92 Å². The van der Waals surface area contributed by atoms with E-state index in [-0.39, 0.29) is 12.5 Å². The van der Waals surface area contributed by atoms with Crippen molar-refractivity contribution in [3.63, 3.8) is 0 Å². The zero-order valence-corrected chi connectivity index (χ0v) is 15.2. The average Bonchev–Trinajstić information content (AvgIpc) is 2.62. The molecule has 0 aromatic heterocycles. The average molecular weight is 372 g/mol. The van der Waals surface area contributed by atoms with Crippen LogP contribution in [0.1, 0.15) is 20.3 Å². The van der Waals surface area contributed by atoms with E-state index < -0.39 is 30.5 Å². The zero-order chi connectivity index (χ0) is 18.8. The third-order valence-electron chi connectivity index (χ3n) is 3.52. The Kier molecular flexibility index (Phi) is 8.77. The lowest BCUT2D eigenvalue weighted by atomic mass is 9.99. The van der Waals surface area contributed by atoms with Crippen LogP contribution in [0.4, 0.5) is 0 Å². The number of benzene rings is 1. The highest BCUT2D eigenvalue weighted by atomic mass is 35.5. The topological polar surface area (TPSA) is 90.9 Å². The van der Waals surface area contributed by atoms with E-state index >= 15 is 0 Å². The molecular formula is C17H22ClNO6. The van der Waals surface area contributed by atoms with Crippen LogP contribution in [-0.2, 0) is 23.9 Å². The summed E-state index contributed by atoms with van der Waals surface area (Å²) >= 11 is 5.74. The fraction of sp³-hybridized carbons (Fsp3) is 0.471. The Bertz CT molecular complexity index is 589. The summed E-state index contributed by atoms with van der Waals surface area (Å²) in [7, 11) is 1.25. The van der Waals surface area contributed by atoms with Gasteiger partial charge in [0.2, 0.25) is 0 Å². The van der Waals surface area contributed by atoms with Gasteiger partial charge in [0.05, 0.1) is 7.11 Å². The van der Waals surface area contributed by atoms with Crippen LogP contribution < -0.4 is 10.1 Å². The molecule has 0 saturated carbocycles. The van der Waals surface area contributed by atoms with Gasteiger partial charge in [0.15, 0.2) is 13.2 Å². The van der Waals surface area contributed by atoms with Gasteiger partial charge in [-0.25, -0.2) is 9.59 Å².